The summed E-state index contributed by atoms with van der Waals surface area (Å²) in [7, 11) is 3.25. The zero-order valence-corrected chi connectivity index (χ0v) is 15.5. The number of aryl methyl sites for hydroxylation is 1. The number of likely N-dealkylation sites (tertiary alicyclic amines) is 1. The summed E-state index contributed by atoms with van der Waals surface area (Å²) in [6.07, 6.45) is 1.96. The summed E-state index contributed by atoms with van der Waals surface area (Å²) in [5.74, 6) is 2.04. The molecule has 1 saturated heterocycles. The number of ether oxygens (including phenoxy) is 3. The van der Waals surface area contributed by atoms with Gasteiger partial charge in [0, 0.05) is 6.54 Å². The maximum atomic E-state index is 12.7. The summed E-state index contributed by atoms with van der Waals surface area (Å²) in [4.78, 5) is 14.6. The van der Waals surface area contributed by atoms with Crippen LogP contribution in [-0.2, 0) is 4.79 Å². The smallest absolute Gasteiger partial charge is 0.261 e. The van der Waals surface area contributed by atoms with Crippen LogP contribution in [0.2, 0.25) is 0 Å². The number of hydrogen-bond acceptors (Lipinski definition) is 4. The Bertz CT molecular complexity index is 757. The topological polar surface area (TPSA) is 48.0 Å². The van der Waals surface area contributed by atoms with Crippen molar-refractivity contribution in [1.82, 2.24) is 4.90 Å². The fourth-order valence-corrected chi connectivity index (χ4v) is 3.35. The van der Waals surface area contributed by atoms with Crippen LogP contribution in [0.25, 0.3) is 0 Å². The van der Waals surface area contributed by atoms with E-state index in [-0.39, 0.29) is 18.6 Å². The zero-order chi connectivity index (χ0) is 18.5. The Hall–Kier alpha value is -2.69. The lowest BCUT2D eigenvalue weighted by molar-refractivity contribution is -0.134. The molecule has 1 heterocycles. The third-order valence-electron chi connectivity index (χ3n) is 4.74. The second kappa shape index (κ2) is 8.13. The van der Waals surface area contributed by atoms with Gasteiger partial charge in [-0.25, -0.2) is 0 Å². The van der Waals surface area contributed by atoms with Gasteiger partial charge in [-0.05, 0) is 55.2 Å². The van der Waals surface area contributed by atoms with E-state index in [9.17, 15) is 4.79 Å². The van der Waals surface area contributed by atoms with Crippen molar-refractivity contribution >= 4 is 5.91 Å². The fraction of sp³-hybridized carbons (Fsp3) is 0.381. The van der Waals surface area contributed by atoms with Crippen LogP contribution in [0.3, 0.4) is 0 Å². The van der Waals surface area contributed by atoms with Crippen LogP contribution in [-0.4, -0.2) is 38.2 Å². The number of rotatable bonds is 6. The van der Waals surface area contributed by atoms with E-state index in [0.29, 0.717) is 11.5 Å². The third kappa shape index (κ3) is 3.93. The number of carbonyl (C=O) groups is 1. The van der Waals surface area contributed by atoms with Crippen LogP contribution in [0.4, 0.5) is 0 Å². The zero-order valence-electron chi connectivity index (χ0n) is 15.5. The van der Waals surface area contributed by atoms with E-state index in [1.165, 1.54) is 0 Å². The first kappa shape index (κ1) is 18.1. The predicted octanol–water partition coefficient (Wildman–Crippen LogP) is 3.75. The lowest BCUT2D eigenvalue weighted by atomic mass is 10.0. The molecule has 5 nitrogen and oxygen atoms in total. The third-order valence-corrected chi connectivity index (χ3v) is 4.74. The summed E-state index contributed by atoms with van der Waals surface area (Å²) < 4.78 is 16.3. The van der Waals surface area contributed by atoms with Gasteiger partial charge in [0.15, 0.2) is 18.1 Å². The molecule has 0 saturated carbocycles. The Morgan fingerprint density at radius 1 is 1.08 bits per heavy atom. The van der Waals surface area contributed by atoms with E-state index >= 15 is 0 Å². The SMILES string of the molecule is COc1ccc(C2CCCN2C(=O)COc2ccc(C)cc2OC)cc1. The monoisotopic (exact) mass is 355 g/mol. The van der Waals surface area contributed by atoms with Crippen molar-refractivity contribution < 1.29 is 19.0 Å². The fourth-order valence-electron chi connectivity index (χ4n) is 3.35. The molecule has 1 unspecified atom stereocenters. The van der Waals surface area contributed by atoms with E-state index in [1.54, 1.807) is 14.2 Å². The van der Waals surface area contributed by atoms with Gasteiger partial charge in [0.1, 0.15) is 5.75 Å². The Morgan fingerprint density at radius 3 is 2.54 bits per heavy atom. The minimum absolute atomic E-state index is 0.00603. The second-order valence-electron chi connectivity index (χ2n) is 6.46. The van der Waals surface area contributed by atoms with Gasteiger partial charge in [0.2, 0.25) is 0 Å². The lowest BCUT2D eigenvalue weighted by Gasteiger charge is -2.25. The highest BCUT2D eigenvalue weighted by Gasteiger charge is 2.30. The molecule has 1 fully saturated rings. The highest BCUT2D eigenvalue weighted by molar-refractivity contribution is 5.78. The van der Waals surface area contributed by atoms with Gasteiger partial charge in [-0.2, -0.15) is 0 Å². The summed E-state index contributed by atoms with van der Waals surface area (Å²) in [6, 6.07) is 13.7. The molecule has 2 aromatic carbocycles. The number of nitrogens with zero attached hydrogens (tertiary/aromatic N) is 1. The molecule has 0 aliphatic carbocycles. The van der Waals surface area contributed by atoms with E-state index in [2.05, 4.69) is 0 Å². The van der Waals surface area contributed by atoms with E-state index in [1.807, 2.05) is 54.3 Å². The molecule has 1 amide bonds. The molecule has 0 N–H and O–H groups in total. The molecule has 138 valence electrons. The summed E-state index contributed by atoms with van der Waals surface area (Å²) in [6.45, 7) is 2.75. The van der Waals surface area contributed by atoms with Crippen LogP contribution in [0.15, 0.2) is 42.5 Å². The molecule has 1 aliphatic heterocycles. The van der Waals surface area contributed by atoms with Gasteiger partial charge in [0.25, 0.3) is 5.91 Å². The van der Waals surface area contributed by atoms with Gasteiger partial charge in [-0.3, -0.25) is 4.79 Å². The maximum absolute atomic E-state index is 12.7. The van der Waals surface area contributed by atoms with Crippen LogP contribution in [0.5, 0.6) is 17.2 Å². The minimum atomic E-state index is -0.00838. The van der Waals surface area contributed by atoms with E-state index < -0.39 is 0 Å². The van der Waals surface area contributed by atoms with Crippen molar-refractivity contribution in [3.8, 4) is 17.2 Å². The molecule has 1 aliphatic rings. The van der Waals surface area contributed by atoms with E-state index in [0.717, 1.165) is 36.3 Å². The van der Waals surface area contributed by atoms with Crippen LogP contribution < -0.4 is 14.2 Å². The molecule has 1 atom stereocenters. The van der Waals surface area contributed by atoms with Gasteiger partial charge >= 0.3 is 0 Å². The highest BCUT2D eigenvalue weighted by atomic mass is 16.5. The van der Waals surface area contributed by atoms with Crippen molar-refractivity contribution in [2.45, 2.75) is 25.8 Å². The molecule has 0 aromatic heterocycles. The molecular weight excluding hydrogens is 330 g/mol. The van der Waals surface area contributed by atoms with Crippen molar-refractivity contribution in [3.05, 3.63) is 53.6 Å². The summed E-state index contributed by atoms with van der Waals surface area (Å²) in [5, 5.41) is 0. The molecular formula is C21H25NO4. The Kier molecular flexibility index (Phi) is 5.66. The standard InChI is InChI=1S/C21H25NO4/c1-15-6-11-19(20(13-15)25-3)26-14-21(23)22-12-4-5-18(22)16-7-9-17(24-2)10-8-16/h6-11,13,18H,4-5,12,14H2,1-3H3. The van der Waals surface area contributed by atoms with E-state index in [4.69, 9.17) is 14.2 Å². The van der Waals surface area contributed by atoms with Gasteiger partial charge in [-0.15, -0.1) is 0 Å². The summed E-state index contributed by atoms with van der Waals surface area (Å²) >= 11 is 0. The Balaban J connectivity index is 1.66. The second-order valence-corrected chi connectivity index (χ2v) is 6.46. The molecule has 2 aromatic rings. The lowest BCUT2D eigenvalue weighted by Crippen LogP contribution is -2.34. The highest BCUT2D eigenvalue weighted by Crippen LogP contribution is 2.33. The van der Waals surface area contributed by atoms with Crippen molar-refractivity contribution in [1.29, 1.82) is 0 Å². The average Bonchev–Trinajstić information content (AvgIpc) is 3.16. The predicted molar refractivity (Wildman–Crippen MR) is 99.9 cm³/mol. The van der Waals surface area contributed by atoms with Gasteiger partial charge in [-0.1, -0.05) is 18.2 Å². The van der Waals surface area contributed by atoms with Gasteiger partial charge in [0.05, 0.1) is 20.3 Å². The number of amides is 1. The van der Waals surface area contributed by atoms with Gasteiger partial charge < -0.3 is 19.1 Å². The summed E-state index contributed by atoms with van der Waals surface area (Å²) in [5.41, 5.74) is 2.21. The number of benzene rings is 2. The normalized spacial score (nSPS) is 16.4. The average molecular weight is 355 g/mol. The minimum Gasteiger partial charge on any atom is -0.497 e. The molecule has 0 spiro atoms. The van der Waals surface area contributed by atoms with Crippen molar-refractivity contribution in [2.24, 2.45) is 0 Å². The Labute approximate surface area is 154 Å². The molecule has 5 heteroatoms. The molecule has 26 heavy (non-hydrogen) atoms. The van der Waals surface area contributed by atoms with Crippen molar-refractivity contribution in [2.75, 3.05) is 27.4 Å². The van der Waals surface area contributed by atoms with Crippen LogP contribution >= 0.6 is 0 Å². The number of methoxy groups -OCH3 is 2. The maximum Gasteiger partial charge on any atom is 0.261 e. The first-order valence-corrected chi connectivity index (χ1v) is 8.83. The quantitative estimate of drug-likeness (QED) is 0.792. The van der Waals surface area contributed by atoms with Crippen LogP contribution in [0.1, 0.15) is 30.0 Å². The van der Waals surface area contributed by atoms with Crippen molar-refractivity contribution in [3.63, 3.8) is 0 Å². The molecule has 0 bridgehead atoms. The largest absolute Gasteiger partial charge is 0.497 e. The Morgan fingerprint density at radius 2 is 1.85 bits per heavy atom. The van der Waals surface area contributed by atoms with Crippen LogP contribution in [0, 0.1) is 6.92 Å². The number of carbonyl (C=O) groups excluding carboxylic acids is 1. The molecule has 0 radical (unpaired) electrons. The number of hydrogen-bond donors (Lipinski definition) is 0. The molecule has 3 rings (SSSR count). The first-order chi connectivity index (χ1) is 12.6. The first-order valence-electron chi connectivity index (χ1n) is 8.83.